The van der Waals surface area contributed by atoms with Crippen LogP contribution in [0.25, 0.3) is 6.08 Å². The van der Waals surface area contributed by atoms with Gasteiger partial charge in [-0.25, -0.2) is 0 Å². The second-order valence-electron chi connectivity index (χ2n) is 7.12. The number of nitrogens with two attached hydrogens (primary N) is 1. The quantitative estimate of drug-likeness (QED) is 0.808. The highest BCUT2D eigenvalue weighted by Gasteiger charge is 2.40. The van der Waals surface area contributed by atoms with Gasteiger partial charge in [0.1, 0.15) is 0 Å². The highest BCUT2D eigenvalue weighted by Crippen LogP contribution is 2.40. The summed E-state index contributed by atoms with van der Waals surface area (Å²) < 4.78 is 0. The van der Waals surface area contributed by atoms with Crippen molar-refractivity contribution in [1.82, 2.24) is 10.2 Å². The molecule has 1 saturated heterocycles. The van der Waals surface area contributed by atoms with Gasteiger partial charge in [-0.1, -0.05) is 48.9 Å². The lowest BCUT2D eigenvalue weighted by Gasteiger charge is -2.31. The summed E-state index contributed by atoms with van der Waals surface area (Å²) in [5, 5.41) is 3.83. The Labute approximate surface area is 145 Å². The lowest BCUT2D eigenvalue weighted by atomic mass is 10.0. The highest BCUT2D eigenvalue weighted by atomic mass is 16.1. The Balaban J connectivity index is 1.47. The van der Waals surface area contributed by atoms with Crippen LogP contribution in [0, 0.1) is 5.92 Å². The fraction of sp³-hybridized carbons (Fsp3) is 0.550. The number of amides is 1. The van der Waals surface area contributed by atoms with Crippen molar-refractivity contribution in [3.05, 3.63) is 41.5 Å². The number of piperidine rings is 1. The van der Waals surface area contributed by atoms with E-state index in [0.717, 1.165) is 32.4 Å². The molecule has 1 saturated carbocycles. The van der Waals surface area contributed by atoms with Gasteiger partial charge in [0.2, 0.25) is 5.91 Å². The van der Waals surface area contributed by atoms with Gasteiger partial charge in [-0.3, -0.25) is 9.69 Å². The maximum absolute atomic E-state index is 11.0. The Hall–Kier alpha value is -1.65. The van der Waals surface area contributed by atoms with E-state index in [0.29, 0.717) is 24.5 Å². The van der Waals surface area contributed by atoms with Gasteiger partial charge >= 0.3 is 0 Å². The number of likely N-dealkylation sites (tertiary alicyclic amines) is 1. The van der Waals surface area contributed by atoms with Crippen LogP contribution in [0.4, 0.5) is 0 Å². The van der Waals surface area contributed by atoms with Crippen LogP contribution in [-0.4, -0.2) is 42.5 Å². The molecule has 1 aliphatic heterocycles. The largest absolute Gasteiger partial charge is 0.369 e. The van der Waals surface area contributed by atoms with Gasteiger partial charge in [0.15, 0.2) is 0 Å². The number of carbonyl (C=O) groups is 1. The third-order valence-corrected chi connectivity index (χ3v) is 5.24. The van der Waals surface area contributed by atoms with Crippen molar-refractivity contribution in [2.24, 2.45) is 11.7 Å². The summed E-state index contributed by atoms with van der Waals surface area (Å²) in [6.07, 6.45) is 6.96. The molecule has 4 heteroatoms. The molecule has 130 valence electrons. The molecule has 2 atom stereocenters. The van der Waals surface area contributed by atoms with E-state index >= 15 is 0 Å². The monoisotopic (exact) mass is 327 g/mol. The fourth-order valence-corrected chi connectivity index (χ4v) is 3.80. The smallest absolute Gasteiger partial charge is 0.231 e. The van der Waals surface area contributed by atoms with E-state index in [-0.39, 0.29) is 5.91 Å². The SMILES string of the molecule is CC/C(=C\c1ccccc1)[C@@H]1C[C@H]1NC1CCN(CC(N)=O)CC1. The minimum Gasteiger partial charge on any atom is -0.369 e. The molecule has 0 bridgehead atoms. The first-order valence-corrected chi connectivity index (χ1v) is 9.18. The zero-order valence-corrected chi connectivity index (χ0v) is 14.6. The molecule has 2 aliphatic rings. The summed E-state index contributed by atoms with van der Waals surface area (Å²) in [4.78, 5) is 13.2. The first-order valence-electron chi connectivity index (χ1n) is 9.18. The van der Waals surface area contributed by atoms with Gasteiger partial charge in [-0.2, -0.15) is 0 Å². The number of benzene rings is 1. The molecular weight excluding hydrogens is 298 g/mol. The maximum Gasteiger partial charge on any atom is 0.231 e. The number of rotatable bonds is 7. The van der Waals surface area contributed by atoms with E-state index in [1.54, 1.807) is 5.57 Å². The highest BCUT2D eigenvalue weighted by molar-refractivity contribution is 5.75. The number of nitrogens with zero attached hydrogens (tertiary/aromatic N) is 1. The molecule has 1 aliphatic carbocycles. The van der Waals surface area contributed by atoms with Gasteiger partial charge in [-0.05, 0) is 37.2 Å². The number of primary amides is 1. The summed E-state index contributed by atoms with van der Waals surface area (Å²) in [6, 6.07) is 11.8. The molecule has 3 N–H and O–H groups in total. The molecule has 0 unspecified atom stereocenters. The van der Waals surface area contributed by atoms with Crippen LogP contribution >= 0.6 is 0 Å². The predicted molar refractivity (Wildman–Crippen MR) is 98.4 cm³/mol. The Morgan fingerprint density at radius 3 is 2.62 bits per heavy atom. The summed E-state index contributed by atoms with van der Waals surface area (Å²) in [5.41, 5.74) is 8.14. The van der Waals surface area contributed by atoms with Gasteiger partial charge in [-0.15, -0.1) is 0 Å². The fourth-order valence-electron chi connectivity index (χ4n) is 3.80. The van der Waals surface area contributed by atoms with Crippen LogP contribution < -0.4 is 11.1 Å². The van der Waals surface area contributed by atoms with Gasteiger partial charge < -0.3 is 11.1 Å². The van der Waals surface area contributed by atoms with Crippen molar-refractivity contribution in [2.45, 2.75) is 44.7 Å². The minimum absolute atomic E-state index is 0.220. The molecule has 0 aromatic heterocycles. The van der Waals surface area contributed by atoms with Crippen LogP contribution in [0.3, 0.4) is 0 Å². The molecule has 0 radical (unpaired) electrons. The van der Waals surface area contributed by atoms with Crippen LogP contribution in [0.5, 0.6) is 0 Å². The van der Waals surface area contributed by atoms with E-state index in [4.69, 9.17) is 5.73 Å². The van der Waals surface area contributed by atoms with E-state index in [2.05, 4.69) is 53.5 Å². The topological polar surface area (TPSA) is 58.4 Å². The van der Waals surface area contributed by atoms with Gasteiger partial charge in [0.05, 0.1) is 6.54 Å². The van der Waals surface area contributed by atoms with Gasteiger partial charge in [0, 0.05) is 25.2 Å². The lowest BCUT2D eigenvalue weighted by molar-refractivity contribution is -0.119. The predicted octanol–water partition coefficient (Wildman–Crippen LogP) is 2.41. The van der Waals surface area contributed by atoms with E-state index in [9.17, 15) is 4.79 Å². The van der Waals surface area contributed by atoms with Crippen LogP contribution in [0.2, 0.25) is 0 Å². The van der Waals surface area contributed by atoms with Crippen molar-refractivity contribution >= 4 is 12.0 Å². The second-order valence-corrected chi connectivity index (χ2v) is 7.12. The Bertz CT molecular complexity index is 576. The molecule has 2 fully saturated rings. The Kier molecular flexibility index (Phi) is 5.69. The molecule has 1 heterocycles. The Morgan fingerprint density at radius 2 is 2.00 bits per heavy atom. The summed E-state index contributed by atoms with van der Waals surface area (Å²) >= 11 is 0. The Morgan fingerprint density at radius 1 is 1.29 bits per heavy atom. The average molecular weight is 327 g/mol. The number of hydrogen-bond acceptors (Lipinski definition) is 3. The molecule has 1 amide bonds. The van der Waals surface area contributed by atoms with Gasteiger partial charge in [0.25, 0.3) is 0 Å². The van der Waals surface area contributed by atoms with Crippen LogP contribution in [0.15, 0.2) is 35.9 Å². The third-order valence-electron chi connectivity index (χ3n) is 5.24. The molecule has 24 heavy (non-hydrogen) atoms. The normalized spacial score (nSPS) is 25.6. The minimum atomic E-state index is -0.220. The number of hydrogen-bond donors (Lipinski definition) is 2. The zero-order valence-electron chi connectivity index (χ0n) is 14.6. The molecule has 4 nitrogen and oxygen atoms in total. The number of carbonyl (C=O) groups excluding carboxylic acids is 1. The maximum atomic E-state index is 11.0. The standard InChI is InChI=1S/C20H29N3O/c1-2-16(12-15-6-4-3-5-7-15)18-13-19(18)22-17-8-10-23(11-9-17)14-20(21)24/h3-7,12,17-19,22H,2,8-11,13-14H2,1H3,(H2,21,24)/b16-12+/t18-,19+/m0/s1. The first kappa shape index (κ1) is 17.2. The molecule has 1 aromatic carbocycles. The number of nitrogens with one attached hydrogen (secondary N) is 1. The van der Waals surface area contributed by atoms with Crippen LogP contribution in [0.1, 0.15) is 38.2 Å². The summed E-state index contributed by atoms with van der Waals surface area (Å²) in [5.74, 6) is 0.473. The molecular formula is C20H29N3O. The van der Waals surface area contributed by atoms with Crippen molar-refractivity contribution in [3.8, 4) is 0 Å². The first-order chi connectivity index (χ1) is 11.7. The summed E-state index contributed by atoms with van der Waals surface area (Å²) in [7, 11) is 0. The van der Waals surface area contributed by atoms with Crippen molar-refractivity contribution in [3.63, 3.8) is 0 Å². The summed E-state index contributed by atoms with van der Waals surface area (Å²) in [6.45, 7) is 4.60. The van der Waals surface area contributed by atoms with E-state index in [1.807, 2.05) is 0 Å². The van der Waals surface area contributed by atoms with E-state index in [1.165, 1.54) is 12.0 Å². The van der Waals surface area contributed by atoms with Crippen LogP contribution in [-0.2, 0) is 4.79 Å². The molecule has 0 spiro atoms. The van der Waals surface area contributed by atoms with Crippen molar-refractivity contribution in [1.29, 1.82) is 0 Å². The third kappa shape index (κ3) is 4.68. The van der Waals surface area contributed by atoms with Crippen molar-refractivity contribution < 1.29 is 4.79 Å². The molecule has 1 aromatic rings. The van der Waals surface area contributed by atoms with Crippen molar-refractivity contribution in [2.75, 3.05) is 19.6 Å². The zero-order chi connectivity index (χ0) is 16.9. The second kappa shape index (κ2) is 7.95. The van der Waals surface area contributed by atoms with E-state index < -0.39 is 0 Å². The lowest BCUT2D eigenvalue weighted by Crippen LogP contribution is -2.46. The average Bonchev–Trinajstić information content (AvgIpc) is 3.34. The molecule has 3 rings (SSSR count).